The van der Waals surface area contributed by atoms with Gasteiger partial charge in [-0.15, -0.1) is 4.28 Å². The zero-order chi connectivity index (χ0) is 14.9. The van der Waals surface area contributed by atoms with Gasteiger partial charge in [-0.1, -0.05) is 12.2 Å². The fraction of sp³-hybridized carbons (Fsp3) is 0.667. The SMILES string of the molecule is O=C1C2C3C=CC(O3)C2C(O)N1OS(=O)(=O)C(F)(F)F. The maximum absolute atomic E-state index is 12.2. The first-order valence-electron chi connectivity index (χ1n) is 5.49. The molecule has 0 spiro atoms. The molecule has 20 heavy (non-hydrogen) atoms. The molecule has 0 saturated carbocycles. The van der Waals surface area contributed by atoms with Crippen molar-refractivity contribution in [3.8, 4) is 0 Å². The zero-order valence-electron chi connectivity index (χ0n) is 9.52. The molecule has 5 unspecified atom stereocenters. The molecule has 11 heteroatoms. The highest BCUT2D eigenvalue weighted by molar-refractivity contribution is 7.87. The first-order chi connectivity index (χ1) is 9.13. The molecule has 1 amide bonds. The minimum atomic E-state index is -6.01. The van der Waals surface area contributed by atoms with E-state index >= 15 is 0 Å². The molecule has 2 saturated heterocycles. The number of hydrogen-bond acceptors (Lipinski definition) is 6. The topological polar surface area (TPSA) is 93.1 Å². The Bertz CT molecular complexity index is 587. The molecule has 0 aromatic carbocycles. The summed E-state index contributed by atoms with van der Waals surface area (Å²) in [7, 11) is -6.01. The largest absolute Gasteiger partial charge is 0.525 e. The quantitative estimate of drug-likeness (QED) is 0.545. The van der Waals surface area contributed by atoms with Gasteiger partial charge in [0.25, 0.3) is 5.91 Å². The number of carbonyl (C=O) groups excluding carboxylic acids is 1. The van der Waals surface area contributed by atoms with Crippen LogP contribution in [0.1, 0.15) is 0 Å². The van der Waals surface area contributed by atoms with E-state index in [0.29, 0.717) is 0 Å². The van der Waals surface area contributed by atoms with Gasteiger partial charge < -0.3 is 9.84 Å². The van der Waals surface area contributed by atoms with Crippen LogP contribution in [-0.4, -0.2) is 48.4 Å². The lowest BCUT2D eigenvalue weighted by molar-refractivity contribution is -0.190. The normalized spacial score (nSPS) is 39.7. The molecule has 0 aromatic rings. The highest BCUT2D eigenvalue weighted by Gasteiger charge is 2.63. The van der Waals surface area contributed by atoms with Gasteiger partial charge >= 0.3 is 15.6 Å². The minimum absolute atomic E-state index is 0.131. The second-order valence-corrected chi connectivity index (χ2v) is 6.13. The summed E-state index contributed by atoms with van der Waals surface area (Å²) in [6.45, 7) is 0. The number of hydrogen-bond donors (Lipinski definition) is 1. The first-order valence-corrected chi connectivity index (χ1v) is 6.90. The Kier molecular flexibility index (Phi) is 2.71. The molecule has 0 aromatic heterocycles. The number of fused-ring (bicyclic) bond motifs is 5. The number of ether oxygens (including phenoxy) is 1. The van der Waals surface area contributed by atoms with Crippen LogP contribution in [0.4, 0.5) is 13.2 Å². The smallest absolute Gasteiger partial charge is 0.371 e. The molecule has 2 bridgehead atoms. The minimum Gasteiger partial charge on any atom is -0.371 e. The predicted octanol–water partition coefficient (Wildman–Crippen LogP) is -0.502. The Morgan fingerprint density at radius 2 is 1.90 bits per heavy atom. The summed E-state index contributed by atoms with van der Waals surface area (Å²) in [4.78, 5) is 11.9. The summed E-state index contributed by atoms with van der Waals surface area (Å²) in [5.41, 5.74) is -5.68. The van der Waals surface area contributed by atoms with Crippen molar-refractivity contribution in [3.05, 3.63) is 12.2 Å². The van der Waals surface area contributed by atoms with Gasteiger partial charge in [-0.25, -0.2) is 0 Å². The molecule has 5 atom stereocenters. The summed E-state index contributed by atoms with van der Waals surface area (Å²) in [5.74, 6) is -2.84. The van der Waals surface area contributed by atoms with E-state index in [2.05, 4.69) is 4.28 Å². The molecular formula is C9H8F3NO6S. The molecule has 0 radical (unpaired) electrons. The van der Waals surface area contributed by atoms with E-state index < -0.39 is 51.8 Å². The Hall–Kier alpha value is -1.17. The van der Waals surface area contributed by atoms with Gasteiger partial charge in [0.1, 0.15) is 0 Å². The third kappa shape index (κ3) is 1.70. The van der Waals surface area contributed by atoms with Crippen LogP contribution in [0.15, 0.2) is 12.2 Å². The summed E-state index contributed by atoms with van der Waals surface area (Å²) in [6, 6.07) is 0. The van der Waals surface area contributed by atoms with E-state index in [0.717, 1.165) is 0 Å². The molecule has 1 N–H and O–H groups in total. The number of carbonyl (C=O) groups is 1. The van der Waals surface area contributed by atoms with E-state index in [1.165, 1.54) is 6.08 Å². The number of halogens is 3. The number of rotatable bonds is 2. The van der Waals surface area contributed by atoms with Gasteiger partial charge in [-0.05, 0) is 0 Å². The lowest BCUT2D eigenvalue weighted by Crippen LogP contribution is -2.42. The third-order valence-corrected chi connectivity index (χ3v) is 4.43. The van der Waals surface area contributed by atoms with Crippen molar-refractivity contribution in [2.45, 2.75) is 23.9 Å². The van der Waals surface area contributed by atoms with Gasteiger partial charge in [0.15, 0.2) is 6.23 Å². The number of hydroxylamine groups is 2. The molecule has 0 aliphatic carbocycles. The molecule has 2 fully saturated rings. The van der Waals surface area contributed by atoms with Crippen LogP contribution in [0.5, 0.6) is 0 Å². The maximum atomic E-state index is 12.2. The Balaban J connectivity index is 1.86. The monoisotopic (exact) mass is 315 g/mol. The van der Waals surface area contributed by atoms with Crippen molar-refractivity contribution in [2.75, 3.05) is 0 Å². The third-order valence-electron chi connectivity index (χ3n) is 3.50. The standard InChI is InChI=1S/C9H8F3NO6S/c10-9(11,12)20(16,17)19-13-7(14)5-3-1-2-4(18-3)6(5)8(13)15/h1-7,14H. The number of nitrogens with zero attached hydrogens (tertiary/aromatic N) is 1. The highest BCUT2D eigenvalue weighted by Crippen LogP contribution is 2.47. The number of amides is 1. The Labute approximate surface area is 110 Å². The van der Waals surface area contributed by atoms with E-state index in [1.807, 2.05) is 0 Å². The van der Waals surface area contributed by atoms with Gasteiger partial charge in [0, 0.05) is 0 Å². The van der Waals surface area contributed by atoms with E-state index in [-0.39, 0.29) is 5.06 Å². The van der Waals surface area contributed by atoms with Crippen LogP contribution < -0.4 is 0 Å². The summed E-state index contributed by atoms with van der Waals surface area (Å²) in [6.07, 6.45) is -0.0486. The van der Waals surface area contributed by atoms with E-state index in [1.54, 1.807) is 6.08 Å². The maximum Gasteiger partial charge on any atom is 0.525 e. The molecular weight excluding hydrogens is 307 g/mol. The van der Waals surface area contributed by atoms with Crippen LogP contribution in [0, 0.1) is 11.8 Å². The highest BCUT2D eigenvalue weighted by atomic mass is 32.2. The van der Waals surface area contributed by atoms with Crippen LogP contribution in [-0.2, 0) is 23.9 Å². The fourth-order valence-electron chi connectivity index (χ4n) is 2.66. The second kappa shape index (κ2) is 3.93. The molecule has 3 aliphatic heterocycles. The van der Waals surface area contributed by atoms with Crippen molar-refractivity contribution in [2.24, 2.45) is 11.8 Å². The van der Waals surface area contributed by atoms with Crippen LogP contribution in [0.3, 0.4) is 0 Å². The van der Waals surface area contributed by atoms with Gasteiger partial charge in [0.05, 0.1) is 24.0 Å². The van der Waals surface area contributed by atoms with E-state index in [4.69, 9.17) is 4.74 Å². The molecule has 3 rings (SSSR count). The van der Waals surface area contributed by atoms with Crippen LogP contribution in [0.25, 0.3) is 0 Å². The Morgan fingerprint density at radius 3 is 2.45 bits per heavy atom. The molecule has 3 heterocycles. The van der Waals surface area contributed by atoms with Crippen LogP contribution >= 0.6 is 0 Å². The van der Waals surface area contributed by atoms with E-state index in [9.17, 15) is 31.5 Å². The second-order valence-electron chi connectivity index (χ2n) is 4.61. The predicted molar refractivity (Wildman–Crippen MR) is 53.7 cm³/mol. The van der Waals surface area contributed by atoms with Gasteiger partial charge in [-0.2, -0.15) is 26.7 Å². The summed E-state index contributed by atoms with van der Waals surface area (Å²) >= 11 is 0. The zero-order valence-corrected chi connectivity index (χ0v) is 10.3. The molecule has 112 valence electrons. The summed E-state index contributed by atoms with van der Waals surface area (Å²) < 4.78 is 67.5. The average Bonchev–Trinajstić information content (AvgIpc) is 2.97. The molecule has 3 aliphatic rings. The number of aliphatic hydroxyl groups excluding tert-OH is 1. The first kappa shape index (κ1) is 13.8. The lowest BCUT2D eigenvalue weighted by Gasteiger charge is -2.23. The van der Waals surface area contributed by atoms with Gasteiger partial charge in [-0.3, -0.25) is 4.79 Å². The van der Waals surface area contributed by atoms with Crippen molar-refractivity contribution in [1.29, 1.82) is 0 Å². The summed E-state index contributed by atoms with van der Waals surface area (Å²) in [5, 5.41) is 9.68. The number of alkyl halides is 3. The van der Waals surface area contributed by atoms with Gasteiger partial charge in [0.2, 0.25) is 0 Å². The van der Waals surface area contributed by atoms with Crippen molar-refractivity contribution in [3.63, 3.8) is 0 Å². The lowest BCUT2D eigenvalue weighted by atomic mass is 9.85. The average molecular weight is 315 g/mol. The van der Waals surface area contributed by atoms with Crippen molar-refractivity contribution in [1.82, 2.24) is 5.06 Å². The Morgan fingerprint density at radius 1 is 1.30 bits per heavy atom. The molecule has 7 nitrogen and oxygen atoms in total. The fourth-order valence-corrected chi connectivity index (χ4v) is 3.12. The van der Waals surface area contributed by atoms with Crippen LogP contribution in [0.2, 0.25) is 0 Å². The van der Waals surface area contributed by atoms with Crippen molar-refractivity contribution >= 4 is 16.0 Å². The van der Waals surface area contributed by atoms with Crippen molar-refractivity contribution < 1.29 is 40.5 Å². The number of aliphatic hydroxyl groups is 1.